The average molecular weight is 248 g/mol. The first-order valence-corrected chi connectivity index (χ1v) is 6.09. The molecule has 2 rings (SSSR count). The average Bonchev–Trinajstić information content (AvgIpc) is 2.61. The van der Waals surface area contributed by atoms with Gasteiger partial charge in [0.1, 0.15) is 5.15 Å². The molecule has 84 valence electrons. The number of piperazine rings is 1. The summed E-state index contributed by atoms with van der Waals surface area (Å²) < 4.78 is 0. The Bertz CT molecular complexity index is 336. The fraction of sp³-hybridized carbons (Fsp3) is 0.667. The van der Waals surface area contributed by atoms with Crippen molar-refractivity contribution in [2.45, 2.75) is 6.61 Å². The van der Waals surface area contributed by atoms with Gasteiger partial charge in [-0.25, -0.2) is 4.98 Å². The first-order chi connectivity index (χ1) is 7.20. The van der Waals surface area contributed by atoms with Crippen LogP contribution in [0.1, 0.15) is 4.88 Å². The fourth-order valence-electron chi connectivity index (χ4n) is 1.55. The van der Waals surface area contributed by atoms with Gasteiger partial charge < -0.3 is 14.9 Å². The third-order valence-electron chi connectivity index (χ3n) is 2.56. The first-order valence-electron chi connectivity index (χ1n) is 4.90. The van der Waals surface area contributed by atoms with E-state index >= 15 is 0 Å². The Morgan fingerprint density at radius 2 is 2.07 bits per heavy atom. The van der Waals surface area contributed by atoms with Crippen molar-refractivity contribution in [2.75, 3.05) is 38.1 Å². The molecule has 0 aliphatic carbocycles. The molecule has 6 heteroatoms. The monoisotopic (exact) mass is 247 g/mol. The third-order valence-corrected chi connectivity index (χ3v) is 4.08. The van der Waals surface area contributed by atoms with E-state index < -0.39 is 0 Å². The second-order valence-electron chi connectivity index (χ2n) is 3.66. The van der Waals surface area contributed by atoms with E-state index in [0.717, 1.165) is 36.2 Å². The molecule has 2 heterocycles. The highest BCUT2D eigenvalue weighted by atomic mass is 35.5. The van der Waals surface area contributed by atoms with Crippen molar-refractivity contribution in [1.82, 2.24) is 9.88 Å². The molecule has 1 aliphatic heterocycles. The summed E-state index contributed by atoms with van der Waals surface area (Å²) in [5, 5.41) is 10.4. The summed E-state index contributed by atoms with van der Waals surface area (Å²) in [5.74, 6) is 0. The largest absolute Gasteiger partial charge is 0.391 e. The Morgan fingerprint density at radius 3 is 2.60 bits per heavy atom. The third kappa shape index (κ3) is 2.42. The molecule has 0 unspecified atom stereocenters. The van der Waals surface area contributed by atoms with Gasteiger partial charge >= 0.3 is 0 Å². The molecule has 0 bridgehead atoms. The van der Waals surface area contributed by atoms with Gasteiger partial charge in [-0.2, -0.15) is 0 Å². The Labute approximate surface area is 98.1 Å². The van der Waals surface area contributed by atoms with E-state index in [1.54, 1.807) is 0 Å². The zero-order valence-electron chi connectivity index (χ0n) is 8.61. The highest BCUT2D eigenvalue weighted by Crippen LogP contribution is 2.29. The van der Waals surface area contributed by atoms with Crippen LogP contribution in [0.3, 0.4) is 0 Å². The van der Waals surface area contributed by atoms with Crippen LogP contribution in [0.25, 0.3) is 0 Å². The number of likely N-dealkylation sites (N-methyl/N-ethyl adjacent to an activating group) is 1. The fourth-order valence-corrected chi connectivity index (χ4v) is 2.72. The molecule has 4 nitrogen and oxygen atoms in total. The van der Waals surface area contributed by atoms with Crippen molar-refractivity contribution in [3.8, 4) is 0 Å². The Morgan fingerprint density at radius 1 is 1.40 bits per heavy atom. The lowest BCUT2D eigenvalue weighted by atomic mass is 10.3. The minimum atomic E-state index is -0.0236. The molecule has 1 N–H and O–H groups in total. The van der Waals surface area contributed by atoms with E-state index in [1.807, 2.05) is 0 Å². The zero-order chi connectivity index (χ0) is 10.8. The lowest BCUT2D eigenvalue weighted by Crippen LogP contribution is -2.44. The minimum Gasteiger partial charge on any atom is -0.391 e. The summed E-state index contributed by atoms with van der Waals surface area (Å²) in [6.07, 6.45) is 0. The van der Waals surface area contributed by atoms with Crippen LogP contribution in [-0.4, -0.2) is 48.2 Å². The molecule has 0 radical (unpaired) electrons. The summed E-state index contributed by atoms with van der Waals surface area (Å²) in [7, 11) is 2.12. The van der Waals surface area contributed by atoms with Gasteiger partial charge in [-0.05, 0) is 7.05 Å². The number of thiazole rings is 1. The molecular weight excluding hydrogens is 234 g/mol. The molecule has 0 spiro atoms. The second kappa shape index (κ2) is 4.65. The highest BCUT2D eigenvalue weighted by Gasteiger charge is 2.18. The Balaban J connectivity index is 2.09. The van der Waals surface area contributed by atoms with E-state index in [4.69, 9.17) is 16.7 Å². The van der Waals surface area contributed by atoms with Gasteiger partial charge in [-0.3, -0.25) is 0 Å². The van der Waals surface area contributed by atoms with E-state index in [0.29, 0.717) is 5.15 Å². The molecule has 1 aromatic heterocycles. The van der Waals surface area contributed by atoms with Crippen molar-refractivity contribution < 1.29 is 5.11 Å². The number of halogens is 1. The molecule has 1 aliphatic rings. The number of nitrogens with zero attached hydrogens (tertiary/aromatic N) is 3. The van der Waals surface area contributed by atoms with Crippen molar-refractivity contribution in [3.05, 3.63) is 10.0 Å². The number of hydrogen-bond acceptors (Lipinski definition) is 5. The minimum absolute atomic E-state index is 0.0236. The van der Waals surface area contributed by atoms with E-state index in [2.05, 4.69) is 21.8 Å². The molecule has 1 fully saturated rings. The van der Waals surface area contributed by atoms with Crippen molar-refractivity contribution in [2.24, 2.45) is 0 Å². The molecule has 0 amide bonds. The summed E-state index contributed by atoms with van der Waals surface area (Å²) in [4.78, 5) is 9.53. The van der Waals surface area contributed by atoms with Crippen molar-refractivity contribution in [3.63, 3.8) is 0 Å². The summed E-state index contributed by atoms with van der Waals surface area (Å²) in [6.45, 7) is 4.03. The van der Waals surface area contributed by atoms with Crippen molar-refractivity contribution >= 4 is 28.1 Å². The number of anilines is 1. The zero-order valence-corrected chi connectivity index (χ0v) is 10.2. The lowest BCUT2D eigenvalue weighted by Gasteiger charge is -2.32. The van der Waals surface area contributed by atoms with E-state index in [9.17, 15) is 0 Å². The van der Waals surface area contributed by atoms with Crippen LogP contribution in [0.15, 0.2) is 0 Å². The van der Waals surface area contributed by atoms with Gasteiger partial charge in [0, 0.05) is 26.2 Å². The molecule has 0 aromatic carbocycles. The molecule has 15 heavy (non-hydrogen) atoms. The molecule has 0 saturated carbocycles. The molecule has 1 aromatic rings. The SMILES string of the molecule is CN1CCN(c2nc(Cl)c(CO)s2)CC1. The second-order valence-corrected chi connectivity index (χ2v) is 5.08. The van der Waals surface area contributed by atoms with Gasteiger partial charge in [0.05, 0.1) is 11.5 Å². The number of aliphatic hydroxyl groups excluding tert-OH is 1. The van der Waals surface area contributed by atoms with Gasteiger partial charge in [-0.15, -0.1) is 0 Å². The summed E-state index contributed by atoms with van der Waals surface area (Å²) >= 11 is 7.38. The maximum absolute atomic E-state index is 9.03. The maximum Gasteiger partial charge on any atom is 0.187 e. The van der Waals surface area contributed by atoms with E-state index in [-0.39, 0.29) is 6.61 Å². The quantitative estimate of drug-likeness (QED) is 0.848. The van der Waals surface area contributed by atoms with Crippen LogP contribution in [0.4, 0.5) is 5.13 Å². The first kappa shape index (κ1) is 11.1. The van der Waals surface area contributed by atoms with Crippen molar-refractivity contribution in [1.29, 1.82) is 0 Å². The van der Waals surface area contributed by atoms with Gasteiger partial charge in [0.15, 0.2) is 5.13 Å². The number of aliphatic hydroxyl groups is 1. The molecule has 1 saturated heterocycles. The lowest BCUT2D eigenvalue weighted by molar-refractivity contribution is 0.285. The smallest absolute Gasteiger partial charge is 0.187 e. The topological polar surface area (TPSA) is 39.6 Å². The number of hydrogen-bond donors (Lipinski definition) is 1. The van der Waals surface area contributed by atoms with Crippen LogP contribution < -0.4 is 4.90 Å². The van der Waals surface area contributed by atoms with Gasteiger partial charge in [0.2, 0.25) is 0 Å². The van der Waals surface area contributed by atoms with Crippen LogP contribution >= 0.6 is 22.9 Å². The Kier molecular flexibility index (Phi) is 3.45. The van der Waals surface area contributed by atoms with E-state index in [1.165, 1.54) is 11.3 Å². The normalized spacial score (nSPS) is 18.5. The van der Waals surface area contributed by atoms with Crippen LogP contribution in [-0.2, 0) is 6.61 Å². The predicted octanol–water partition coefficient (Wildman–Crippen LogP) is 1.04. The summed E-state index contributed by atoms with van der Waals surface area (Å²) in [6, 6.07) is 0. The van der Waals surface area contributed by atoms with Crippen LogP contribution in [0, 0.1) is 0 Å². The van der Waals surface area contributed by atoms with Gasteiger partial charge in [0.25, 0.3) is 0 Å². The van der Waals surface area contributed by atoms with Crippen LogP contribution in [0.5, 0.6) is 0 Å². The Hall–Kier alpha value is -0.360. The number of rotatable bonds is 2. The van der Waals surface area contributed by atoms with Gasteiger partial charge in [-0.1, -0.05) is 22.9 Å². The molecular formula is C9H14ClN3OS. The highest BCUT2D eigenvalue weighted by molar-refractivity contribution is 7.16. The number of aromatic nitrogens is 1. The standard InChI is InChI=1S/C9H14ClN3OS/c1-12-2-4-13(5-3-12)9-11-8(10)7(6-14)15-9/h14H,2-6H2,1H3. The predicted molar refractivity (Wildman–Crippen MR) is 62.8 cm³/mol. The maximum atomic E-state index is 9.03. The molecule has 0 atom stereocenters. The van der Waals surface area contributed by atoms with Crippen LogP contribution in [0.2, 0.25) is 5.15 Å². The summed E-state index contributed by atoms with van der Waals surface area (Å²) in [5.41, 5.74) is 0.